The quantitative estimate of drug-likeness (QED) is 0.0991. The first-order valence-corrected chi connectivity index (χ1v) is 21.0. The first kappa shape index (κ1) is 36.2. The van der Waals surface area contributed by atoms with Crippen molar-refractivity contribution in [2.24, 2.45) is 4.99 Å². The molecule has 0 saturated heterocycles. The molecule has 8 aromatic rings. The highest BCUT2D eigenvalue weighted by atomic mass is 16.5. The Morgan fingerprint density at radius 1 is 0.656 bits per heavy atom. The van der Waals surface area contributed by atoms with Crippen molar-refractivity contribution < 1.29 is 29.0 Å². The van der Waals surface area contributed by atoms with Crippen LogP contribution in [0.1, 0.15) is 43.7 Å². The highest BCUT2D eigenvalue weighted by Gasteiger charge is 2.50. The zero-order chi connectivity index (χ0) is 43.1. The van der Waals surface area contributed by atoms with Gasteiger partial charge in [0, 0.05) is 55.2 Å². The number of Topliss-reactive ketones (excluding diaryl/α,β-unsaturated/α-hetero) is 1. The molecule has 3 aliphatic carbocycles. The van der Waals surface area contributed by atoms with Gasteiger partial charge in [0.15, 0.2) is 11.3 Å². The van der Waals surface area contributed by atoms with E-state index in [4.69, 9.17) is 14.5 Å². The molecule has 8 aromatic carbocycles. The minimum atomic E-state index is -1.27. The van der Waals surface area contributed by atoms with Crippen LogP contribution in [-0.4, -0.2) is 30.4 Å². The van der Waals surface area contributed by atoms with Crippen molar-refractivity contribution in [3.8, 4) is 22.3 Å². The Morgan fingerprint density at radius 3 is 2.08 bits per heavy atom. The van der Waals surface area contributed by atoms with Crippen LogP contribution in [0.25, 0.3) is 54.9 Å². The van der Waals surface area contributed by atoms with Crippen molar-refractivity contribution >= 4 is 68.0 Å². The van der Waals surface area contributed by atoms with Crippen LogP contribution in [-0.2, 0) is 37.0 Å². The summed E-state index contributed by atoms with van der Waals surface area (Å²) in [5, 5.41) is 28.4. The second-order valence-corrected chi connectivity index (χ2v) is 16.7. The number of hydrogen-bond donors (Lipinski definition) is 4. The zero-order valence-corrected chi connectivity index (χ0v) is 34.1. The molecule has 0 bridgehead atoms. The van der Waals surface area contributed by atoms with Crippen LogP contribution in [0, 0.1) is 0 Å². The average molecular weight is 835 g/mol. The van der Waals surface area contributed by atoms with Gasteiger partial charge in [-0.05, 0) is 56.8 Å². The van der Waals surface area contributed by atoms with Crippen LogP contribution in [0.4, 0.5) is 17.1 Å². The molecule has 0 amide bonds. The van der Waals surface area contributed by atoms with Crippen LogP contribution >= 0.6 is 0 Å². The molecule has 2 aliphatic heterocycles. The SMILES string of the molecule is COC(=O)c1cccc2c1C1(N=c3/c(=C4/C(=O)C(c5ccc6cccc7c6c5NC5(N7)c6ccccc6-c6cccc(COC=O)c65)=C4O)ccc4cccc(c34)N1)c1ccccc1-2. The van der Waals surface area contributed by atoms with Gasteiger partial charge >= 0.3 is 5.97 Å². The third kappa shape index (κ3) is 4.48. The van der Waals surface area contributed by atoms with E-state index in [2.05, 4.69) is 34.1 Å². The smallest absolute Gasteiger partial charge is 0.338 e. The maximum Gasteiger partial charge on any atom is 0.338 e. The van der Waals surface area contributed by atoms with Gasteiger partial charge in [0.25, 0.3) is 6.47 Å². The van der Waals surface area contributed by atoms with Crippen molar-refractivity contribution in [2.45, 2.75) is 17.9 Å². The molecule has 2 unspecified atom stereocenters. The van der Waals surface area contributed by atoms with E-state index in [0.29, 0.717) is 39.4 Å². The summed E-state index contributed by atoms with van der Waals surface area (Å²) in [7, 11) is 1.37. The fraction of sp³-hybridized carbons (Fsp3) is 0.0741. The Bertz CT molecular complexity index is 3690. The molecule has 306 valence electrons. The fourth-order valence-corrected chi connectivity index (χ4v) is 11.1. The van der Waals surface area contributed by atoms with Crippen LogP contribution in [0.3, 0.4) is 0 Å². The van der Waals surface area contributed by atoms with Gasteiger partial charge < -0.3 is 30.5 Å². The maximum atomic E-state index is 15.1. The number of allylic oxidation sites excluding steroid dienone is 2. The summed E-state index contributed by atoms with van der Waals surface area (Å²) in [5.41, 5.74) is 9.21. The molecular weight excluding hydrogens is 801 g/mol. The van der Waals surface area contributed by atoms with E-state index in [1.54, 1.807) is 6.07 Å². The molecule has 2 atom stereocenters. The lowest BCUT2D eigenvalue weighted by Crippen LogP contribution is -2.46. The number of ether oxygens (including phenoxy) is 2. The summed E-state index contributed by atoms with van der Waals surface area (Å²) < 4.78 is 10.7. The molecule has 0 fully saturated rings. The van der Waals surface area contributed by atoms with E-state index in [0.717, 1.165) is 77.4 Å². The summed E-state index contributed by atoms with van der Waals surface area (Å²) in [6, 6.07) is 47.3. The Balaban J connectivity index is 1.06. The van der Waals surface area contributed by atoms with Crippen molar-refractivity contribution in [3.05, 3.63) is 201 Å². The minimum absolute atomic E-state index is 0.0616. The summed E-state index contributed by atoms with van der Waals surface area (Å²) >= 11 is 0. The van der Waals surface area contributed by atoms with Gasteiger partial charge in [0.05, 0.1) is 34.9 Å². The van der Waals surface area contributed by atoms with Crippen molar-refractivity contribution in [1.29, 1.82) is 0 Å². The van der Waals surface area contributed by atoms with Crippen molar-refractivity contribution in [1.82, 2.24) is 0 Å². The Hall–Kier alpha value is -8.50. The number of anilines is 3. The third-order valence-corrected chi connectivity index (χ3v) is 13.7. The number of carbonyl (C=O) groups excluding carboxylic acids is 3. The van der Waals surface area contributed by atoms with Gasteiger partial charge in [0.1, 0.15) is 12.4 Å². The van der Waals surface area contributed by atoms with Gasteiger partial charge in [-0.25, -0.2) is 9.79 Å². The predicted molar refractivity (Wildman–Crippen MR) is 245 cm³/mol. The van der Waals surface area contributed by atoms with Crippen LogP contribution in [0.5, 0.6) is 0 Å². The monoisotopic (exact) mass is 834 g/mol. The van der Waals surface area contributed by atoms with Gasteiger partial charge in [0.2, 0.25) is 5.78 Å². The highest BCUT2D eigenvalue weighted by Crippen LogP contribution is 2.57. The minimum Gasteiger partial charge on any atom is -0.506 e. The number of methoxy groups -OCH3 is 1. The van der Waals surface area contributed by atoms with Crippen LogP contribution < -0.4 is 26.5 Å². The Kier molecular flexibility index (Phi) is 7.22. The molecule has 2 heterocycles. The number of aliphatic hydroxyl groups excluding tert-OH is 1. The predicted octanol–water partition coefficient (Wildman–Crippen LogP) is 8.80. The third-order valence-electron chi connectivity index (χ3n) is 13.7. The van der Waals surface area contributed by atoms with E-state index in [-0.39, 0.29) is 29.3 Å². The van der Waals surface area contributed by atoms with E-state index >= 15 is 4.79 Å². The van der Waals surface area contributed by atoms with E-state index in [1.807, 2.05) is 121 Å². The van der Waals surface area contributed by atoms with Gasteiger partial charge in [-0.1, -0.05) is 127 Å². The molecule has 5 aliphatic rings. The number of rotatable bonds is 5. The average Bonchev–Trinajstić information content (AvgIpc) is 3.75. The second kappa shape index (κ2) is 12.8. The first-order valence-electron chi connectivity index (χ1n) is 21.0. The lowest BCUT2D eigenvalue weighted by molar-refractivity contribution is -0.129. The van der Waals surface area contributed by atoms with Gasteiger partial charge in [-0.3, -0.25) is 9.59 Å². The lowest BCUT2D eigenvalue weighted by Gasteiger charge is -2.42. The number of esters is 1. The van der Waals surface area contributed by atoms with E-state index in [9.17, 15) is 14.7 Å². The largest absolute Gasteiger partial charge is 0.506 e. The summed E-state index contributed by atoms with van der Waals surface area (Å²) in [4.78, 5) is 45.6. The molecule has 64 heavy (non-hydrogen) atoms. The van der Waals surface area contributed by atoms with Crippen molar-refractivity contribution in [2.75, 3.05) is 23.1 Å². The second-order valence-electron chi connectivity index (χ2n) is 16.7. The lowest BCUT2D eigenvalue weighted by atomic mass is 9.79. The van der Waals surface area contributed by atoms with Gasteiger partial charge in [-0.2, -0.15) is 0 Å². The molecule has 10 heteroatoms. The van der Waals surface area contributed by atoms with Crippen LogP contribution in [0.15, 0.2) is 156 Å². The number of benzene rings is 8. The number of nitrogens with zero attached hydrogens (tertiary/aromatic N) is 1. The Morgan fingerprint density at radius 2 is 1.31 bits per heavy atom. The molecule has 4 N–H and O–H groups in total. The maximum absolute atomic E-state index is 15.1. The molecule has 2 spiro atoms. The number of aliphatic hydroxyl groups is 1. The van der Waals surface area contributed by atoms with E-state index in [1.165, 1.54) is 7.11 Å². The molecule has 0 radical (unpaired) electrons. The molecule has 0 saturated carbocycles. The standard InChI is InChI=1S/C54H34N4O6/c1-63-52(62)37-17-9-16-34-32-14-3-5-19-39(32)54(47(34)37)56-41-21-8-11-29-23-25-36(49(58-54)43(29)41)45-50(60)44(51(45)61)35-24-22-28-10-7-20-40-42(28)48(35)57-53(55-40)38-18-4-2-13-31(38)33-15-6-12-30(46(33)53)26-64-27-59/h2-25,27,55-57,60H,26H2,1H3/b45-36+. The number of fused-ring (bicyclic) bond motifs is 10. The number of nitrogens with one attached hydrogen (secondary N) is 3. The first-order chi connectivity index (χ1) is 31.4. The molecule has 10 nitrogen and oxygen atoms in total. The number of carbonyl (C=O) groups is 3. The zero-order valence-electron chi connectivity index (χ0n) is 34.1. The normalized spacial score (nSPS) is 19.7. The van der Waals surface area contributed by atoms with Crippen molar-refractivity contribution in [3.63, 3.8) is 0 Å². The summed E-state index contributed by atoms with van der Waals surface area (Å²) in [6.07, 6.45) is 0. The molecule has 0 aromatic heterocycles. The summed E-state index contributed by atoms with van der Waals surface area (Å²) in [5.74, 6) is -0.959. The number of ketones is 1. The molecular formula is C54H34N4O6. The topological polar surface area (TPSA) is 138 Å². The van der Waals surface area contributed by atoms with E-state index < -0.39 is 17.3 Å². The highest BCUT2D eigenvalue weighted by molar-refractivity contribution is 6.52. The fourth-order valence-electron chi connectivity index (χ4n) is 11.1. The summed E-state index contributed by atoms with van der Waals surface area (Å²) in [6.45, 7) is 0.515. The Labute approximate surface area is 364 Å². The van der Waals surface area contributed by atoms with Crippen LogP contribution in [0.2, 0.25) is 0 Å². The number of hydrogen-bond acceptors (Lipinski definition) is 10. The van der Waals surface area contributed by atoms with Gasteiger partial charge in [-0.15, -0.1) is 0 Å². The molecule has 13 rings (SSSR count).